The molecule has 2 aromatic rings. The largest absolute Gasteiger partial charge is 0.436 e. The number of hydrogen-bond donors (Lipinski definition) is 0. The van der Waals surface area contributed by atoms with Gasteiger partial charge in [0.25, 0.3) is 5.88 Å². The Kier molecular flexibility index (Phi) is 2.92. The van der Waals surface area contributed by atoms with Gasteiger partial charge in [0.05, 0.1) is 5.02 Å². The summed E-state index contributed by atoms with van der Waals surface area (Å²) in [5.41, 5.74) is 0. The summed E-state index contributed by atoms with van der Waals surface area (Å²) >= 11 is 5.54. The second-order valence-corrected chi connectivity index (χ2v) is 3.45. The average molecular weight is 239 g/mol. The number of pyridine rings is 1. The molecule has 0 amide bonds. The van der Waals surface area contributed by atoms with Gasteiger partial charge in [0.1, 0.15) is 5.75 Å². The maximum absolute atomic E-state index is 13.3. The van der Waals surface area contributed by atoms with Crippen LogP contribution in [0.4, 0.5) is 4.39 Å². The highest BCUT2D eigenvalue weighted by atomic mass is 35.5. The van der Waals surface area contributed by atoms with Crippen molar-refractivity contribution in [3.63, 3.8) is 0 Å². The van der Waals surface area contributed by atoms with Gasteiger partial charge in [-0.3, -0.25) is 5.11 Å². The molecule has 16 heavy (non-hydrogen) atoms. The van der Waals surface area contributed by atoms with Gasteiger partial charge in [-0.1, -0.05) is 11.6 Å². The van der Waals surface area contributed by atoms with Gasteiger partial charge < -0.3 is 4.74 Å². The van der Waals surface area contributed by atoms with E-state index in [1.54, 1.807) is 0 Å². The van der Waals surface area contributed by atoms with Crippen LogP contribution in [0.15, 0.2) is 36.5 Å². The molecule has 0 fully saturated rings. The normalized spacial score (nSPS) is 10.1. The average Bonchev–Trinajstić information content (AvgIpc) is 2.25. The van der Waals surface area contributed by atoms with Crippen molar-refractivity contribution >= 4 is 11.6 Å². The first-order valence-corrected chi connectivity index (χ1v) is 4.79. The zero-order valence-corrected chi connectivity index (χ0v) is 8.74. The first-order chi connectivity index (χ1) is 7.65. The molecule has 0 aliphatic heterocycles. The van der Waals surface area contributed by atoms with Crippen molar-refractivity contribution < 1.29 is 14.2 Å². The van der Waals surface area contributed by atoms with Gasteiger partial charge in [-0.05, 0) is 30.3 Å². The molecule has 1 radical (unpaired) electrons. The van der Waals surface area contributed by atoms with E-state index in [-0.39, 0.29) is 16.7 Å². The molecular formula is C11H6ClFNO2. The minimum Gasteiger partial charge on any atom is -0.436 e. The Bertz CT molecular complexity index is 502. The summed E-state index contributed by atoms with van der Waals surface area (Å²) in [6.45, 7) is 0. The van der Waals surface area contributed by atoms with Crippen molar-refractivity contribution in [3.8, 4) is 17.4 Å². The monoisotopic (exact) mass is 238 g/mol. The van der Waals surface area contributed by atoms with E-state index in [1.807, 2.05) is 0 Å². The molecule has 1 aromatic carbocycles. The Morgan fingerprint density at radius 2 is 1.94 bits per heavy atom. The summed E-state index contributed by atoms with van der Waals surface area (Å²) in [6, 6.07) is 6.63. The fraction of sp³-hybridized carbons (Fsp3) is 0. The summed E-state index contributed by atoms with van der Waals surface area (Å²) in [5.74, 6) is -0.632. The Balaban J connectivity index is 2.23. The molecule has 81 valence electrons. The van der Waals surface area contributed by atoms with Crippen LogP contribution in [-0.4, -0.2) is 4.98 Å². The highest BCUT2D eigenvalue weighted by molar-refractivity contribution is 6.30. The number of benzene rings is 1. The molecule has 0 bridgehead atoms. The first kappa shape index (κ1) is 10.7. The molecule has 0 atom stereocenters. The summed E-state index contributed by atoms with van der Waals surface area (Å²) in [5, 5.41) is 11.0. The zero-order valence-electron chi connectivity index (χ0n) is 7.98. The molecule has 1 aromatic heterocycles. The van der Waals surface area contributed by atoms with Gasteiger partial charge >= 0.3 is 0 Å². The number of hydrogen-bond acceptors (Lipinski definition) is 2. The quantitative estimate of drug-likeness (QED) is 0.798. The SMILES string of the molecule is [O]c1ccc(Oc2ncc(Cl)cc2F)cc1. The smallest absolute Gasteiger partial charge is 0.255 e. The van der Waals surface area contributed by atoms with Gasteiger partial charge in [0.15, 0.2) is 11.6 Å². The molecule has 0 aliphatic rings. The van der Waals surface area contributed by atoms with Gasteiger partial charge in [0.2, 0.25) is 0 Å². The van der Waals surface area contributed by atoms with Crippen molar-refractivity contribution in [2.45, 2.75) is 0 Å². The van der Waals surface area contributed by atoms with Crippen LogP contribution in [0.1, 0.15) is 0 Å². The third-order valence-corrected chi connectivity index (χ3v) is 2.02. The summed E-state index contributed by atoms with van der Waals surface area (Å²) in [7, 11) is 0. The molecule has 5 heteroatoms. The number of ether oxygens (including phenoxy) is 1. The lowest BCUT2D eigenvalue weighted by atomic mass is 10.3. The molecule has 3 nitrogen and oxygen atoms in total. The van der Waals surface area contributed by atoms with E-state index in [4.69, 9.17) is 16.3 Å². The fourth-order valence-electron chi connectivity index (χ4n) is 1.10. The van der Waals surface area contributed by atoms with Gasteiger partial charge in [0, 0.05) is 6.20 Å². The molecule has 1 heterocycles. The first-order valence-electron chi connectivity index (χ1n) is 4.41. The molecule has 0 spiro atoms. The summed E-state index contributed by atoms with van der Waals surface area (Å²) < 4.78 is 18.4. The number of aromatic nitrogens is 1. The zero-order chi connectivity index (χ0) is 11.5. The van der Waals surface area contributed by atoms with E-state index >= 15 is 0 Å². The lowest BCUT2D eigenvalue weighted by Crippen LogP contribution is -1.91. The van der Waals surface area contributed by atoms with Crippen LogP contribution in [0.25, 0.3) is 0 Å². The predicted molar refractivity (Wildman–Crippen MR) is 55.9 cm³/mol. The van der Waals surface area contributed by atoms with E-state index in [0.717, 1.165) is 6.07 Å². The number of rotatable bonds is 2. The van der Waals surface area contributed by atoms with Gasteiger partial charge in [-0.2, -0.15) is 0 Å². The van der Waals surface area contributed by atoms with Crippen molar-refractivity contribution in [3.05, 3.63) is 47.4 Å². The van der Waals surface area contributed by atoms with Crippen LogP contribution < -0.4 is 4.74 Å². The maximum atomic E-state index is 13.3. The van der Waals surface area contributed by atoms with Crippen molar-refractivity contribution in [2.75, 3.05) is 0 Å². The van der Waals surface area contributed by atoms with E-state index in [2.05, 4.69) is 4.98 Å². The third kappa shape index (κ3) is 2.41. The molecule has 0 saturated heterocycles. The minimum atomic E-state index is -0.654. The van der Waals surface area contributed by atoms with Crippen molar-refractivity contribution in [2.24, 2.45) is 0 Å². The maximum Gasteiger partial charge on any atom is 0.255 e. The standard InChI is InChI=1S/C11H6ClFNO2/c12-7-5-10(13)11(14-6-7)16-9-3-1-8(15)2-4-9/h1-6H. The van der Waals surface area contributed by atoms with Crippen LogP contribution in [0, 0.1) is 5.82 Å². The third-order valence-electron chi connectivity index (χ3n) is 1.81. The van der Waals surface area contributed by atoms with Crippen LogP contribution in [0.3, 0.4) is 0 Å². The number of halogens is 2. The fourth-order valence-corrected chi connectivity index (χ4v) is 1.24. The summed E-state index contributed by atoms with van der Waals surface area (Å²) in [4.78, 5) is 3.69. The molecule has 0 saturated carbocycles. The van der Waals surface area contributed by atoms with Gasteiger partial charge in [-0.25, -0.2) is 9.37 Å². The van der Waals surface area contributed by atoms with E-state index < -0.39 is 5.82 Å². The molecular weight excluding hydrogens is 233 g/mol. The molecule has 0 aliphatic carbocycles. The lowest BCUT2D eigenvalue weighted by Gasteiger charge is -2.05. The van der Waals surface area contributed by atoms with E-state index in [0.29, 0.717) is 5.75 Å². The van der Waals surface area contributed by atoms with E-state index in [9.17, 15) is 9.50 Å². The Hall–Kier alpha value is -1.81. The lowest BCUT2D eigenvalue weighted by molar-refractivity contribution is 0.353. The Morgan fingerprint density at radius 3 is 2.56 bits per heavy atom. The second kappa shape index (κ2) is 4.37. The second-order valence-electron chi connectivity index (χ2n) is 3.01. The van der Waals surface area contributed by atoms with Crippen LogP contribution in [-0.2, 0) is 5.11 Å². The highest BCUT2D eigenvalue weighted by Crippen LogP contribution is 2.25. The highest BCUT2D eigenvalue weighted by Gasteiger charge is 2.07. The minimum absolute atomic E-state index is 0.142. The predicted octanol–water partition coefficient (Wildman–Crippen LogP) is 3.81. The van der Waals surface area contributed by atoms with E-state index in [1.165, 1.54) is 30.5 Å². The topological polar surface area (TPSA) is 42.0 Å². The summed E-state index contributed by atoms with van der Waals surface area (Å²) in [6.07, 6.45) is 1.28. The molecule has 2 rings (SSSR count). The van der Waals surface area contributed by atoms with Crippen LogP contribution in [0.2, 0.25) is 5.02 Å². The Labute approximate surface area is 96.1 Å². The molecule has 0 unspecified atom stereocenters. The van der Waals surface area contributed by atoms with Gasteiger partial charge in [-0.15, -0.1) is 0 Å². The van der Waals surface area contributed by atoms with Crippen LogP contribution >= 0.6 is 11.6 Å². The Morgan fingerprint density at radius 1 is 1.25 bits per heavy atom. The van der Waals surface area contributed by atoms with Crippen molar-refractivity contribution in [1.82, 2.24) is 4.98 Å². The number of nitrogens with zero attached hydrogens (tertiary/aromatic N) is 1. The van der Waals surface area contributed by atoms with Crippen molar-refractivity contribution in [1.29, 1.82) is 0 Å². The van der Waals surface area contributed by atoms with Crippen LogP contribution in [0.5, 0.6) is 17.4 Å². The molecule has 0 N–H and O–H groups in total.